The summed E-state index contributed by atoms with van der Waals surface area (Å²) in [5, 5.41) is 12.2. The van der Waals surface area contributed by atoms with Crippen molar-refractivity contribution in [1.82, 2.24) is 29.5 Å². The van der Waals surface area contributed by atoms with Crippen LogP contribution in [-0.2, 0) is 10.9 Å². The highest BCUT2D eigenvalue weighted by molar-refractivity contribution is 5.99. The Balaban J connectivity index is 1.18. The predicted octanol–water partition coefficient (Wildman–Crippen LogP) is 3.54. The van der Waals surface area contributed by atoms with Gasteiger partial charge in [-0.2, -0.15) is 18.2 Å². The number of halogens is 3. The van der Waals surface area contributed by atoms with Gasteiger partial charge in [0.2, 0.25) is 11.8 Å². The van der Waals surface area contributed by atoms with Gasteiger partial charge in [0.05, 0.1) is 13.2 Å². The summed E-state index contributed by atoms with van der Waals surface area (Å²) in [6.45, 7) is 2.29. The van der Waals surface area contributed by atoms with Crippen molar-refractivity contribution in [2.75, 3.05) is 38.7 Å². The van der Waals surface area contributed by atoms with Gasteiger partial charge in [-0.25, -0.2) is 4.98 Å². The van der Waals surface area contributed by atoms with Crippen LogP contribution in [0, 0.1) is 0 Å². The molecule has 13 heteroatoms. The molecular formula is C25H29F3N8O2. The van der Waals surface area contributed by atoms with Crippen molar-refractivity contribution in [2.45, 2.75) is 56.3 Å². The molecule has 0 amide bonds. The zero-order valence-corrected chi connectivity index (χ0v) is 21.0. The number of hydrogen-bond donors (Lipinski definition) is 1. The highest BCUT2D eigenvalue weighted by Gasteiger charge is 2.38. The minimum absolute atomic E-state index is 0.0257. The van der Waals surface area contributed by atoms with Gasteiger partial charge in [-0.3, -0.25) is 9.39 Å². The van der Waals surface area contributed by atoms with Crippen LogP contribution in [0.3, 0.4) is 0 Å². The van der Waals surface area contributed by atoms with E-state index >= 15 is 0 Å². The molecule has 2 atom stereocenters. The van der Waals surface area contributed by atoms with Gasteiger partial charge in [0.25, 0.3) is 0 Å². The fourth-order valence-corrected chi connectivity index (χ4v) is 5.26. The highest BCUT2D eigenvalue weighted by atomic mass is 19.4. The van der Waals surface area contributed by atoms with Gasteiger partial charge in [-0.15, -0.1) is 10.2 Å². The number of aliphatic imine (C=N–C) groups is 1. The number of rotatable bonds is 6. The summed E-state index contributed by atoms with van der Waals surface area (Å²) in [5.41, 5.74) is 0.797. The average molecular weight is 531 g/mol. The molecule has 2 aliphatic heterocycles. The minimum Gasteiger partial charge on any atom is -0.469 e. The molecule has 0 spiro atoms. The Morgan fingerprint density at radius 3 is 2.79 bits per heavy atom. The summed E-state index contributed by atoms with van der Waals surface area (Å²) in [7, 11) is 2.05. The number of aromatic nitrogens is 5. The third kappa shape index (κ3) is 4.98. The zero-order chi connectivity index (χ0) is 26.3. The van der Waals surface area contributed by atoms with Crippen molar-refractivity contribution in [2.24, 2.45) is 4.99 Å². The quantitative estimate of drug-likeness (QED) is 0.517. The Kier molecular flexibility index (Phi) is 6.54. The van der Waals surface area contributed by atoms with Crippen molar-refractivity contribution in [3.05, 3.63) is 41.5 Å². The van der Waals surface area contributed by atoms with Crippen LogP contribution in [0.1, 0.15) is 55.0 Å². The largest absolute Gasteiger partial charge is 0.469 e. The van der Waals surface area contributed by atoms with Gasteiger partial charge < -0.3 is 19.7 Å². The van der Waals surface area contributed by atoms with E-state index in [2.05, 4.69) is 35.4 Å². The molecule has 10 nitrogen and oxygen atoms in total. The average Bonchev–Trinajstić information content (AvgIpc) is 3.29. The van der Waals surface area contributed by atoms with E-state index in [0.717, 1.165) is 74.3 Å². The first-order valence-corrected chi connectivity index (χ1v) is 12.9. The lowest BCUT2D eigenvalue weighted by molar-refractivity contribution is -0.142. The minimum atomic E-state index is -4.61. The van der Waals surface area contributed by atoms with Crippen molar-refractivity contribution >= 4 is 17.4 Å². The van der Waals surface area contributed by atoms with Crippen LogP contribution in [-0.4, -0.2) is 80.8 Å². The Hall–Kier alpha value is -3.48. The van der Waals surface area contributed by atoms with E-state index in [9.17, 15) is 13.2 Å². The van der Waals surface area contributed by atoms with E-state index in [1.165, 1.54) is 0 Å². The molecule has 3 aromatic rings. The molecule has 0 radical (unpaired) electrons. The van der Waals surface area contributed by atoms with Gasteiger partial charge in [0, 0.05) is 50.1 Å². The first kappa shape index (κ1) is 24.8. The molecule has 0 unspecified atom stereocenters. The molecule has 202 valence electrons. The van der Waals surface area contributed by atoms with Crippen LogP contribution in [0.4, 0.5) is 19.1 Å². The summed E-state index contributed by atoms with van der Waals surface area (Å²) in [5.74, 6) is 1.62. The van der Waals surface area contributed by atoms with Gasteiger partial charge in [0.15, 0.2) is 5.65 Å². The second-order valence-corrected chi connectivity index (χ2v) is 10.1. The van der Waals surface area contributed by atoms with Gasteiger partial charge in [0.1, 0.15) is 23.3 Å². The third-order valence-corrected chi connectivity index (χ3v) is 7.29. The third-order valence-electron chi connectivity index (χ3n) is 7.29. The number of pyridine rings is 1. The number of fused-ring (bicyclic) bond motifs is 1. The lowest BCUT2D eigenvalue weighted by atomic mass is 9.85. The first-order valence-electron chi connectivity index (χ1n) is 12.9. The van der Waals surface area contributed by atoms with Crippen molar-refractivity contribution in [1.29, 1.82) is 0 Å². The molecular weight excluding hydrogens is 501 g/mol. The van der Waals surface area contributed by atoms with Crippen molar-refractivity contribution < 1.29 is 22.6 Å². The molecule has 38 heavy (non-hydrogen) atoms. The van der Waals surface area contributed by atoms with Gasteiger partial charge in [-0.05, 0) is 37.8 Å². The number of nitrogens with one attached hydrogen (secondary N) is 1. The Morgan fingerprint density at radius 2 is 2.03 bits per heavy atom. The maximum absolute atomic E-state index is 13.5. The first-order chi connectivity index (χ1) is 18.3. The van der Waals surface area contributed by atoms with Crippen LogP contribution in [0.25, 0.3) is 5.65 Å². The Morgan fingerprint density at radius 1 is 1.16 bits per heavy atom. The summed E-state index contributed by atoms with van der Waals surface area (Å²) in [4.78, 5) is 14.9. The predicted molar refractivity (Wildman–Crippen MR) is 133 cm³/mol. The van der Waals surface area contributed by atoms with E-state index in [-0.39, 0.29) is 31.1 Å². The van der Waals surface area contributed by atoms with E-state index in [1.54, 1.807) is 0 Å². The molecule has 1 N–H and O–H groups in total. The van der Waals surface area contributed by atoms with E-state index in [0.29, 0.717) is 0 Å². The summed E-state index contributed by atoms with van der Waals surface area (Å²) in [6.07, 6.45) is 2.23. The summed E-state index contributed by atoms with van der Waals surface area (Å²) < 4.78 is 52.9. The Bertz CT molecular complexity index is 1340. The maximum atomic E-state index is 13.5. The fourth-order valence-electron chi connectivity index (χ4n) is 5.26. The standard InChI is InChI=1S/C25H29F3N8O2/c1-35-8-3-7-29-21(35)16-6-9-36-20(11-16)33-34-22(36)15-4-2-5-17(10-15)31-24-30-12-19(25(26,27)28)23(32-24)38-18-13-37-14-18/h6,9,11-12,15,17-18H,2-5,7-8,10,13-14H2,1H3,(H,30,31,32)/t15-,17+/m0/s1. The van der Waals surface area contributed by atoms with Crippen LogP contribution < -0.4 is 10.1 Å². The number of anilines is 1. The molecule has 3 aromatic heterocycles. The van der Waals surface area contributed by atoms with E-state index in [1.807, 2.05) is 29.8 Å². The molecule has 6 rings (SSSR count). The van der Waals surface area contributed by atoms with Gasteiger partial charge >= 0.3 is 6.18 Å². The monoisotopic (exact) mass is 530 g/mol. The highest BCUT2D eigenvalue weighted by Crippen LogP contribution is 2.37. The molecule has 1 aliphatic carbocycles. The van der Waals surface area contributed by atoms with Crippen LogP contribution >= 0.6 is 0 Å². The lowest BCUT2D eigenvalue weighted by Crippen LogP contribution is -2.39. The maximum Gasteiger partial charge on any atom is 0.423 e. The number of alkyl halides is 3. The SMILES string of the molecule is CN1CCCN=C1c1ccn2c([C@H]3CCC[C@@H](Nc4ncc(C(F)(F)F)c(OC5COC5)n4)C3)nnc2c1. The smallest absolute Gasteiger partial charge is 0.423 e. The Labute approximate surface area is 217 Å². The zero-order valence-electron chi connectivity index (χ0n) is 21.0. The summed E-state index contributed by atoms with van der Waals surface area (Å²) >= 11 is 0. The fraction of sp³-hybridized carbons (Fsp3) is 0.560. The van der Waals surface area contributed by atoms with Crippen LogP contribution in [0.15, 0.2) is 29.5 Å². The molecule has 1 saturated carbocycles. The number of amidine groups is 1. The van der Waals surface area contributed by atoms with Crippen LogP contribution in [0.5, 0.6) is 5.88 Å². The second-order valence-electron chi connectivity index (χ2n) is 10.1. The van der Waals surface area contributed by atoms with Crippen molar-refractivity contribution in [3.8, 4) is 5.88 Å². The number of hydrogen-bond acceptors (Lipinski definition) is 9. The van der Waals surface area contributed by atoms with Crippen LogP contribution in [0.2, 0.25) is 0 Å². The molecule has 2 fully saturated rings. The molecule has 0 aromatic carbocycles. The number of ether oxygens (including phenoxy) is 2. The number of nitrogens with zero attached hydrogens (tertiary/aromatic N) is 7. The topological polar surface area (TPSA) is 102 Å². The van der Waals surface area contributed by atoms with E-state index < -0.39 is 23.7 Å². The molecule has 0 bridgehead atoms. The molecule has 5 heterocycles. The molecule has 1 saturated heterocycles. The second kappa shape index (κ2) is 10.0. The van der Waals surface area contributed by atoms with E-state index in [4.69, 9.17) is 9.47 Å². The van der Waals surface area contributed by atoms with Gasteiger partial charge in [-0.1, -0.05) is 6.42 Å². The normalized spacial score (nSPS) is 22.7. The van der Waals surface area contributed by atoms with Crippen molar-refractivity contribution in [3.63, 3.8) is 0 Å². The lowest BCUT2D eigenvalue weighted by Gasteiger charge is -2.30. The summed E-state index contributed by atoms with van der Waals surface area (Å²) in [6, 6.07) is 4.03. The molecule has 3 aliphatic rings.